The maximum atomic E-state index is 11.2. The fraction of sp³-hybridized carbons (Fsp3) is 0.600. The highest BCUT2D eigenvalue weighted by molar-refractivity contribution is 7.88. The lowest BCUT2D eigenvalue weighted by Crippen LogP contribution is -2.33. The molecule has 9 heteroatoms. The number of hydrogen-bond acceptors (Lipinski definition) is 6. The molecule has 0 aromatic rings. The van der Waals surface area contributed by atoms with Crippen LogP contribution in [-0.4, -0.2) is 35.9 Å². The van der Waals surface area contributed by atoms with Crippen molar-refractivity contribution in [2.24, 2.45) is 11.8 Å². The molecular formula is C15H22N6O2S. The zero-order chi connectivity index (χ0) is 16.7. The lowest BCUT2D eigenvalue weighted by molar-refractivity contribution is 0.233. The number of hydrazine groups is 1. The predicted molar refractivity (Wildman–Crippen MR) is 90.2 cm³/mol. The molecule has 1 unspecified atom stereocenters. The summed E-state index contributed by atoms with van der Waals surface area (Å²) >= 11 is 0. The van der Waals surface area contributed by atoms with Crippen molar-refractivity contribution in [3.8, 4) is 11.4 Å². The van der Waals surface area contributed by atoms with Crippen LogP contribution in [0.1, 0.15) is 37.4 Å². The quantitative estimate of drug-likeness (QED) is 0.755. The molecule has 0 bridgehead atoms. The Labute approximate surface area is 141 Å². The topological polar surface area (TPSA) is 101 Å². The smallest absolute Gasteiger partial charge is 0.208 e. The van der Waals surface area contributed by atoms with Gasteiger partial charge in [-0.15, -0.1) is 0 Å². The van der Waals surface area contributed by atoms with Gasteiger partial charge in [0, 0.05) is 18.3 Å². The maximum absolute atomic E-state index is 11.2. The molecule has 3 N–H and O–H groups in total. The van der Waals surface area contributed by atoms with Gasteiger partial charge < -0.3 is 0 Å². The summed E-state index contributed by atoms with van der Waals surface area (Å²) in [7, 11) is -3.10. The van der Waals surface area contributed by atoms with Crippen molar-refractivity contribution in [1.82, 2.24) is 24.8 Å². The molecule has 0 aromatic heterocycles. The van der Waals surface area contributed by atoms with E-state index in [0.29, 0.717) is 18.4 Å². The molecule has 8 nitrogen and oxygen atoms in total. The molecule has 4 rings (SSSR count). The maximum Gasteiger partial charge on any atom is 0.208 e. The Kier molecular flexibility index (Phi) is 3.93. The molecule has 1 fully saturated rings. The van der Waals surface area contributed by atoms with E-state index in [1.165, 1.54) is 11.9 Å². The van der Waals surface area contributed by atoms with Gasteiger partial charge in [0.25, 0.3) is 0 Å². The van der Waals surface area contributed by atoms with Crippen molar-refractivity contribution in [2.45, 2.75) is 31.7 Å². The van der Waals surface area contributed by atoms with E-state index in [1.54, 1.807) is 12.5 Å². The van der Waals surface area contributed by atoms with E-state index in [2.05, 4.69) is 25.7 Å². The molecule has 0 saturated heterocycles. The standard InChI is InChI=1S/C15H22N6O2S/c1-24(22,23)18-8-10-2-4-11(5-3-10)13-14-12-6-7-16-15(12)17-9-21(14)20-19-13/h6-7,9-11,13,18-20H,2-5,8H2,1H3. The number of aromatic nitrogens is 3. The zero-order valence-electron chi connectivity index (χ0n) is 13.6. The first-order chi connectivity index (χ1) is 11.5. The van der Waals surface area contributed by atoms with E-state index in [9.17, 15) is 8.42 Å². The highest BCUT2D eigenvalue weighted by atomic mass is 32.2. The Morgan fingerprint density at radius 1 is 1.29 bits per heavy atom. The lowest BCUT2D eigenvalue weighted by Gasteiger charge is -2.32. The summed E-state index contributed by atoms with van der Waals surface area (Å²) in [6, 6.07) is 2.24. The average Bonchev–Trinajstić information content (AvgIpc) is 3.18. The van der Waals surface area contributed by atoms with Crippen molar-refractivity contribution >= 4 is 10.0 Å². The molecule has 0 amide bonds. The largest absolute Gasteiger partial charge is 0.257 e. The number of nitrogens with one attached hydrogen (secondary N) is 3. The number of fused-ring (bicyclic) bond motifs is 3. The summed E-state index contributed by atoms with van der Waals surface area (Å²) < 4.78 is 27.1. The molecule has 3 aliphatic heterocycles. The Hall–Kier alpha value is -1.71. The third-order valence-corrected chi connectivity index (χ3v) is 5.83. The molecule has 130 valence electrons. The Morgan fingerprint density at radius 3 is 2.83 bits per heavy atom. The van der Waals surface area contributed by atoms with E-state index in [4.69, 9.17) is 0 Å². The summed E-state index contributed by atoms with van der Waals surface area (Å²) in [5.41, 5.74) is 8.82. The minimum Gasteiger partial charge on any atom is -0.257 e. The first kappa shape index (κ1) is 15.8. The van der Waals surface area contributed by atoms with Crippen LogP contribution >= 0.6 is 0 Å². The van der Waals surface area contributed by atoms with Crippen LogP contribution in [0.4, 0.5) is 0 Å². The van der Waals surface area contributed by atoms with E-state index in [-0.39, 0.29) is 6.04 Å². The summed E-state index contributed by atoms with van der Waals surface area (Å²) in [5.74, 6) is 1.72. The van der Waals surface area contributed by atoms with Gasteiger partial charge in [0.2, 0.25) is 10.0 Å². The lowest BCUT2D eigenvalue weighted by atomic mass is 9.77. The number of nitrogens with zero attached hydrogens (tertiary/aromatic N) is 3. The Morgan fingerprint density at radius 2 is 2.08 bits per heavy atom. The van der Waals surface area contributed by atoms with Crippen molar-refractivity contribution in [3.63, 3.8) is 0 Å². The van der Waals surface area contributed by atoms with Crippen molar-refractivity contribution in [3.05, 3.63) is 24.3 Å². The SMILES string of the molecule is CS(=O)(=O)NCC1CCC(C2NNn3cnc4nccc-4c32)CC1. The molecule has 1 aliphatic carbocycles. The molecule has 1 atom stereocenters. The number of hydrogen-bond donors (Lipinski definition) is 3. The van der Waals surface area contributed by atoms with E-state index >= 15 is 0 Å². The Bertz CT molecular complexity index is 796. The highest BCUT2D eigenvalue weighted by Gasteiger charge is 2.35. The summed E-state index contributed by atoms with van der Waals surface area (Å²) in [6.07, 6.45) is 9.01. The minimum absolute atomic E-state index is 0.225. The molecule has 4 aliphatic rings. The summed E-state index contributed by atoms with van der Waals surface area (Å²) in [5, 5.41) is 0. The van der Waals surface area contributed by atoms with Crippen molar-refractivity contribution in [2.75, 3.05) is 18.3 Å². The first-order valence-electron chi connectivity index (χ1n) is 8.29. The van der Waals surface area contributed by atoms with Crippen molar-refractivity contribution < 1.29 is 8.42 Å². The van der Waals surface area contributed by atoms with Crippen LogP contribution in [0.15, 0.2) is 18.6 Å². The van der Waals surface area contributed by atoms with Crippen LogP contribution in [0.3, 0.4) is 0 Å². The molecule has 0 radical (unpaired) electrons. The summed E-state index contributed by atoms with van der Waals surface area (Å²) in [6.45, 7) is 0.550. The van der Waals surface area contributed by atoms with Crippen LogP contribution in [0, 0.1) is 11.8 Å². The third kappa shape index (κ3) is 2.99. The van der Waals surface area contributed by atoms with Crippen LogP contribution < -0.4 is 15.7 Å². The average molecular weight is 350 g/mol. The van der Waals surface area contributed by atoms with Crippen LogP contribution in [0.2, 0.25) is 0 Å². The Balaban J connectivity index is 1.44. The normalized spacial score (nSPS) is 27.1. The monoisotopic (exact) mass is 350 g/mol. The highest BCUT2D eigenvalue weighted by Crippen LogP contribution is 2.40. The van der Waals surface area contributed by atoms with Gasteiger partial charge in [0.15, 0.2) is 5.82 Å². The van der Waals surface area contributed by atoms with Gasteiger partial charge in [-0.2, -0.15) is 0 Å². The van der Waals surface area contributed by atoms with E-state index in [0.717, 1.165) is 37.1 Å². The zero-order valence-corrected chi connectivity index (χ0v) is 14.4. The predicted octanol–water partition coefficient (Wildman–Crippen LogP) is 0.841. The fourth-order valence-corrected chi connectivity index (χ4v) is 4.42. The van der Waals surface area contributed by atoms with Gasteiger partial charge >= 0.3 is 0 Å². The van der Waals surface area contributed by atoms with Crippen molar-refractivity contribution in [1.29, 1.82) is 0 Å². The number of sulfonamides is 1. The van der Waals surface area contributed by atoms with Gasteiger partial charge in [-0.3, -0.25) is 5.53 Å². The van der Waals surface area contributed by atoms with Crippen LogP contribution in [-0.2, 0) is 10.0 Å². The molecule has 3 heterocycles. The second kappa shape index (κ2) is 5.98. The van der Waals surface area contributed by atoms with Gasteiger partial charge in [0.05, 0.1) is 18.0 Å². The molecule has 0 spiro atoms. The van der Waals surface area contributed by atoms with Gasteiger partial charge in [-0.05, 0) is 43.6 Å². The van der Waals surface area contributed by atoms with Gasteiger partial charge in [0.1, 0.15) is 6.33 Å². The minimum atomic E-state index is -3.10. The van der Waals surface area contributed by atoms with E-state index in [1.807, 2.05) is 10.7 Å². The molecular weight excluding hydrogens is 328 g/mol. The van der Waals surface area contributed by atoms with Crippen LogP contribution in [0.25, 0.3) is 11.4 Å². The van der Waals surface area contributed by atoms with E-state index < -0.39 is 10.0 Å². The molecule has 24 heavy (non-hydrogen) atoms. The molecule has 1 saturated carbocycles. The number of rotatable bonds is 4. The third-order valence-electron chi connectivity index (χ3n) is 5.14. The molecule has 0 aromatic carbocycles. The first-order valence-corrected chi connectivity index (χ1v) is 10.2. The summed E-state index contributed by atoms with van der Waals surface area (Å²) in [4.78, 5) is 8.63. The van der Waals surface area contributed by atoms with Crippen LogP contribution in [0.5, 0.6) is 0 Å². The second-order valence-corrected chi connectivity index (χ2v) is 8.65. The van der Waals surface area contributed by atoms with Gasteiger partial charge in [-0.1, -0.05) is 0 Å². The fourth-order valence-electron chi connectivity index (χ4n) is 3.88. The van der Waals surface area contributed by atoms with Gasteiger partial charge in [-0.25, -0.2) is 33.2 Å². The second-order valence-electron chi connectivity index (χ2n) is 6.82.